The molecule has 0 aliphatic carbocycles. The van der Waals surface area contributed by atoms with Crippen LogP contribution in [0.5, 0.6) is 5.75 Å². The molecule has 4 aromatic rings. The zero-order valence-corrected chi connectivity index (χ0v) is 15.6. The Morgan fingerprint density at radius 1 is 1.00 bits per heavy atom. The second kappa shape index (κ2) is 7.63. The van der Waals surface area contributed by atoms with Gasteiger partial charge in [-0.3, -0.25) is 0 Å². The molecular formula is C21H18N4OS. The highest BCUT2D eigenvalue weighted by atomic mass is 32.2. The fraction of sp³-hybridized carbons (Fsp3) is 0.0952. The number of rotatable bonds is 5. The second-order valence-corrected chi connectivity index (χ2v) is 7.02. The fourth-order valence-corrected chi connectivity index (χ4v) is 3.71. The molecule has 0 saturated carbocycles. The Bertz CT molecular complexity index is 1110. The van der Waals surface area contributed by atoms with Crippen molar-refractivity contribution in [3.63, 3.8) is 0 Å². The van der Waals surface area contributed by atoms with E-state index in [0.29, 0.717) is 16.5 Å². The molecule has 0 fully saturated rings. The van der Waals surface area contributed by atoms with Crippen molar-refractivity contribution in [2.45, 2.75) is 17.8 Å². The maximum Gasteiger partial charge on any atom is 0.212 e. The van der Waals surface area contributed by atoms with Gasteiger partial charge in [0.15, 0.2) is 5.82 Å². The number of aromatic hydroxyl groups is 1. The van der Waals surface area contributed by atoms with E-state index < -0.39 is 0 Å². The van der Waals surface area contributed by atoms with Crippen LogP contribution in [0.25, 0.3) is 10.8 Å². The van der Waals surface area contributed by atoms with E-state index in [0.717, 1.165) is 16.5 Å². The van der Waals surface area contributed by atoms with E-state index in [4.69, 9.17) is 0 Å². The number of nitrogens with zero attached hydrogens (tertiary/aromatic N) is 4. The fourth-order valence-electron chi connectivity index (χ4n) is 2.82. The molecule has 27 heavy (non-hydrogen) atoms. The number of hydrogen-bond acceptors (Lipinski definition) is 5. The first kappa shape index (κ1) is 17.3. The Morgan fingerprint density at radius 3 is 2.63 bits per heavy atom. The summed E-state index contributed by atoms with van der Waals surface area (Å²) in [6.45, 7) is 1.86. The zero-order valence-electron chi connectivity index (χ0n) is 14.8. The van der Waals surface area contributed by atoms with Gasteiger partial charge in [-0.15, -0.1) is 10.2 Å². The molecule has 0 radical (unpaired) electrons. The monoisotopic (exact) mass is 374 g/mol. The van der Waals surface area contributed by atoms with Gasteiger partial charge in [0.05, 0.1) is 6.21 Å². The van der Waals surface area contributed by atoms with Crippen molar-refractivity contribution >= 4 is 28.7 Å². The molecule has 3 aromatic carbocycles. The van der Waals surface area contributed by atoms with Crippen molar-refractivity contribution in [1.29, 1.82) is 0 Å². The summed E-state index contributed by atoms with van der Waals surface area (Å²) in [4.78, 5) is 0. The summed E-state index contributed by atoms with van der Waals surface area (Å²) in [7, 11) is 0. The molecule has 0 atom stereocenters. The lowest BCUT2D eigenvalue weighted by molar-refractivity contribution is 0.475. The first-order valence-electron chi connectivity index (χ1n) is 8.56. The van der Waals surface area contributed by atoms with Crippen LogP contribution in [-0.4, -0.2) is 26.2 Å². The first-order valence-corrected chi connectivity index (χ1v) is 9.55. The van der Waals surface area contributed by atoms with E-state index in [9.17, 15) is 5.11 Å². The molecule has 4 rings (SSSR count). The van der Waals surface area contributed by atoms with Gasteiger partial charge in [-0.25, -0.2) is 0 Å². The molecule has 0 unspecified atom stereocenters. The molecular weight excluding hydrogens is 356 g/mol. The zero-order chi connectivity index (χ0) is 18.6. The predicted molar refractivity (Wildman–Crippen MR) is 109 cm³/mol. The largest absolute Gasteiger partial charge is 0.507 e. The van der Waals surface area contributed by atoms with Gasteiger partial charge in [0, 0.05) is 11.3 Å². The summed E-state index contributed by atoms with van der Waals surface area (Å²) in [5, 5.41) is 25.9. The van der Waals surface area contributed by atoms with Crippen LogP contribution in [0.4, 0.5) is 0 Å². The van der Waals surface area contributed by atoms with Gasteiger partial charge in [-0.1, -0.05) is 72.4 Å². The Labute approximate surface area is 161 Å². The van der Waals surface area contributed by atoms with E-state index >= 15 is 0 Å². The lowest BCUT2D eigenvalue weighted by Gasteiger charge is -2.06. The molecule has 0 aliphatic heterocycles. The Morgan fingerprint density at radius 2 is 1.78 bits per heavy atom. The average molecular weight is 374 g/mol. The van der Waals surface area contributed by atoms with Crippen LogP contribution < -0.4 is 0 Å². The predicted octanol–water partition coefficient (Wildman–Crippen LogP) is 4.62. The first-order chi connectivity index (χ1) is 13.2. The number of phenols is 1. The summed E-state index contributed by atoms with van der Waals surface area (Å²) in [5.41, 5.74) is 1.89. The molecule has 0 bridgehead atoms. The molecule has 0 spiro atoms. The van der Waals surface area contributed by atoms with Crippen molar-refractivity contribution < 1.29 is 5.11 Å². The summed E-state index contributed by atoms with van der Waals surface area (Å²) in [5.74, 6) is 1.68. The maximum absolute atomic E-state index is 10.3. The molecule has 6 heteroatoms. The standard InChI is InChI=1S/C21H18N4OS/c1-15-23-24-21(27-14-16-7-3-2-4-8-16)25(15)22-13-19-18-10-6-5-9-17(18)11-12-20(19)26/h2-13,26H,14H2,1H3/b22-13+. The van der Waals surface area contributed by atoms with Gasteiger partial charge in [0.2, 0.25) is 5.16 Å². The highest BCUT2D eigenvalue weighted by Crippen LogP contribution is 2.26. The Hall–Kier alpha value is -3.12. The summed E-state index contributed by atoms with van der Waals surface area (Å²) in [6.07, 6.45) is 1.67. The highest BCUT2D eigenvalue weighted by molar-refractivity contribution is 7.98. The quantitative estimate of drug-likeness (QED) is 0.409. The lowest BCUT2D eigenvalue weighted by atomic mass is 10.0. The lowest BCUT2D eigenvalue weighted by Crippen LogP contribution is -1.97. The second-order valence-electron chi connectivity index (χ2n) is 6.08. The van der Waals surface area contributed by atoms with Crippen LogP contribution in [0.2, 0.25) is 0 Å². The Kier molecular flexibility index (Phi) is 4.89. The summed E-state index contributed by atoms with van der Waals surface area (Å²) in [6, 6.07) is 21.7. The average Bonchev–Trinajstić information content (AvgIpc) is 3.06. The number of benzene rings is 3. The van der Waals surface area contributed by atoms with Crippen LogP contribution in [0, 0.1) is 6.92 Å². The van der Waals surface area contributed by atoms with Gasteiger partial charge in [0.25, 0.3) is 0 Å². The van der Waals surface area contributed by atoms with Gasteiger partial charge < -0.3 is 5.11 Å². The molecule has 0 amide bonds. The molecule has 0 aliphatic rings. The highest BCUT2D eigenvalue weighted by Gasteiger charge is 2.10. The van der Waals surface area contributed by atoms with Crippen LogP contribution in [0.3, 0.4) is 0 Å². The van der Waals surface area contributed by atoms with E-state index in [1.807, 2.05) is 55.5 Å². The number of aryl methyl sites for hydroxylation is 1. The third-order valence-electron chi connectivity index (χ3n) is 4.23. The van der Waals surface area contributed by atoms with Gasteiger partial charge in [-0.2, -0.15) is 9.78 Å². The van der Waals surface area contributed by atoms with Crippen LogP contribution in [-0.2, 0) is 5.75 Å². The van der Waals surface area contributed by atoms with Crippen molar-refractivity contribution in [2.24, 2.45) is 5.10 Å². The molecule has 1 heterocycles. The molecule has 134 valence electrons. The minimum absolute atomic E-state index is 0.196. The summed E-state index contributed by atoms with van der Waals surface area (Å²) >= 11 is 1.58. The summed E-state index contributed by atoms with van der Waals surface area (Å²) < 4.78 is 1.70. The van der Waals surface area contributed by atoms with Crippen molar-refractivity contribution in [1.82, 2.24) is 14.9 Å². The molecule has 1 N–H and O–H groups in total. The van der Waals surface area contributed by atoms with E-state index in [1.165, 1.54) is 5.56 Å². The minimum Gasteiger partial charge on any atom is -0.507 e. The third kappa shape index (κ3) is 3.71. The van der Waals surface area contributed by atoms with Gasteiger partial charge >= 0.3 is 0 Å². The van der Waals surface area contributed by atoms with Crippen LogP contribution in [0.15, 0.2) is 77.0 Å². The number of hydrogen-bond donors (Lipinski definition) is 1. The normalized spacial score (nSPS) is 11.4. The molecule has 1 aromatic heterocycles. The van der Waals surface area contributed by atoms with E-state index in [1.54, 1.807) is 28.7 Å². The van der Waals surface area contributed by atoms with Crippen LogP contribution in [0.1, 0.15) is 17.0 Å². The molecule has 0 saturated heterocycles. The smallest absolute Gasteiger partial charge is 0.212 e. The van der Waals surface area contributed by atoms with Gasteiger partial charge in [0.1, 0.15) is 5.75 Å². The Balaban J connectivity index is 1.64. The van der Waals surface area contributed by atoms with Crippen molar-refractivity contribution in [3.05, 3.63) is 83.7 Å². The van der Waals surface area contributed by atoms with E-state index in [2.05, 4.69) is 27.4 Å². The topological polar surface area (TPSA) is 63.3 Å². The van der Waals surface area contributed by atoms with Gasteiger partial charge in [-0.05, 0) is 29.3 Å². The van der Waals surface area contributed by atoms with Crippen molar-refractivity contribution in [2.75, 3.05) is 0 Å². The number of aromatic nitrogens is 3. The van der Waals surface area contributed by atoms with E-state index in [-0.39, 0.29) is 5.75 Å². The number of fused-ring (bicyclic) bond motifs is 1. The maximum atomic E-state index is 10.3. The van der Waals surface area contributed by atoms with Crippen LogP contribution >= 0.6 is 11.8 Å². The number of thioether (sulfide) groups is 1. The minimum atomic E-state index is 0.196. The number of phenolic OH excluding ortho intramolecular Hbond substituents is 1. The third-order valence-corrected chi connectivity index (χ3v) is 5.22. The SMILES string of the molecule is Cc1nnc(SCc2ccccc2)n1/N=C/c1c(O)ccc2ccccc12. The molecule has 5 nitrogen and oxygen atoms in total. The van der Waals surface area contributed by atoms with Crippen molar-refractivity contribution in [3.8, 4) is 5.75 Å².